The van der Waals surface area contributed by atoms with Crippen LogP contribution in [0.5, 0.6) is 0 Å². The zero-order valence-corrected chi connectivity index (χ0v) is 17.8. The van der Waals surface area contributed by atoms with Gasteiger partial charge in [0.15, 0.2) is 6.10 Å². The minimum Gasteiger partial charge on any atom is -0.449 e. The Bertz CT molecular complexity index is 883. The molecule has 0 spiro atoms. The summed E-state index contributed by atoms with van der Waals surface area (Å²) in [6, 6.07) is 14.3. The third-order valence-electron chi connectivity index (χ3n) is 3.85. The molecule has 0 aliphatic heterocycles. The Hall–Kier alpha value is -2.80. The highest BCUT2D eigenvalue weighted by atomic mass is 32.2. The first-order valence-electron chi connectivity index (χ1n) is 9.36. The Kier molecular flexibility index (Phi) is 8.27. The van der Waals surface area contributed by atoms with E-state index in [9.17, 15) is 14.4 Å². The Morgan fingerprint density at radius 3 is 2.45 bits per heavy atom. The van der Waals surface area contributed by atoms with Gasteiger partial charge in [-0.15, -0.1) is 11.8 Å². The average Bonchev–Trinajstić information content (AvgIpc) is 2.66. The van der Waals surface area contributed by atoms with Gasteiger partial charge in [-0.2, -0.15) is 0 Å². The first kappa shape index (κ1) is 22.5. The lowest BCUT2D eigenvalue weighted by atomic mass is 10.2. The summed E-state index contributed by atoms with van der Waals surface area (Å²) in [6.45, 7) is 7.22. The molecule has 2 amide bonds. The van der Waals surface area contributed by atoms with Crippen molar-refractivity contribution >= 4 is 35.2 Å². The molecule has 0 unspecified atom stereocenters. The van der Waals surface area contributed by atoms with E-state index in [4.69, 9.17) is 4.74 Å². The van der Waals surface area contributed by atoms with Crippen LogP contribution in [-0.4, -0.2) is 35.7 Å². The van der Waals surface area contributed by atoms with Gasteiger partial charge in [0, 0.05) is 16.6 Å². The maximum Gasteiger partial charge on any atom is 0.340 e. The third kappa shape index (κ3) is 7.27. The van der Waals surface area contributed by atoms with Crippen molar-refractivity contribution in [2.24, 2.45) is 0 Å². The maximum atomic E-state index is 12.6. The van der Waals surface area contributed by atoms with Crippen molar-refractivity contribution < 1.29 is 19.1 Å². The summed E-state index contributed by atoms with van der Waals surface area (Å²) >= 11 is 1.25. The summed E-state index contributed by atoms with van der Waals surface area (Å²) < 4.78 is 5.35. The number of aryl methyl sites for hydroxylation is 1. The van der Waals surface area contributed by atoms with Crippen LogP contribution >= 0.6 is 11.8 Å². The molecule has 0 fully saturated rings. The molecule has 0 heterocycles. The number of hydrogen-bond donors (Lipinski definition) is 2. The van der Waals surface area contributed by atoms with Crippen LogP contribution in [0.25, 0.3) is 0 Å². The largest absolute Gasteiger partial charge is 0.449 e. The lowest BCUT2D eigenvalue weighted by Crippen LogP contribution is -2.31. The van der Waals surface area contributed by atoms with E-state index in [-0.39, 0.29) is 17.7 Å². The summed E-state index contributed by atoms with van der Waals surface area (Å²) in [6.07, 6.45) is -0.967. The summed E-state index contributed by atoms with van der Waals surface area (Å²) in [4.78, 5) is 37.4. The molecule has 2 aromatic carbocycles. The van der Waals surface area contributed by atoms with E-state index in [1.807, 2.05) is 39.0 Å². The third-order valence-corrected chi connectivity index (χ3v) is 4.93. The van der Waals surface area contributed by atoms with Crippen LogP contribution in [0.4, 0.5) is 5.69 Å². The van der Waals surface area contributed by atoms with Crippen molar-refractivity contribution in [1.29, 1.82) is 0 Å². The number of anilines is 1. The monoisotopic (exact) mass is 414 g/mol. The quantitative estimate of drug-likeness (QED) is 0.507. The molecule has 29 heavy (non-hydrogen) atoms. The molecule has 2 N–H and O–H groups in total. The number of nitrogens with one attached hydrogen (secondary N) is 2. The van der Waals surface area contributed by atoms with Gasteiger partial charge in [0.2, 0.25) is 5.91 Å². The number of amides is 2. The molecule has 6 nitrogen and oxygen atoms in total. The predicted octanol–water partition coefficient (Wildman–Crippen LogP) is 3.80. The van der Waals surface area contributed by atoms with Gasteiger partial charge >= 0.3 is 5.97 Å². The van der Waals surface area contributed by atoms with E-state index in [1.54, 1.807) is 30.3 Å². The smallest absolute Gasteiger partial charge is 0.340 e. The van der Waals surface area contributed by atoms with Gasteiger partial charge in [0.25, 0.3) is 5.91 Å². The van der Waals surface area contributed by atoms with Gasteiger partial charge in [-0.3, -0.25) is 9.59 Å². The number of esters is 1. The van der Waals surface area contributed by atoms with Crippen LogP contribution < -0.4 is 10.6 Å². The highest BCUT2D eigenvalue weighted by Gasteiger charge is 2.21. The van der Waals surface area contributed by atoms with Crippen LogP contribution in [0, 0.1) is 6.92 Å². The molecule has 0 aliphatic rings. The first-order valence-corrected chi connectivity index (χ1v) is 10.3. The Labute approximate surface area is 175 Å². The van der Waals surface area contributed by atoms with E-state index in [0.717, 1.165) is 5.56 Å². The highest BCUT2D eigenvalue weighted by molar-refractivity contribution is 8.00. The topological polar surface area (TPSA) is 84.5 Å². The van der Waals surface area contributed by atoms with Crippen molar-refractivity contribution in [2.75, 3.05) is 11.1 Å². The second kappa shape index (κ2) is 10.7. The molecule has 0 bridgehead atoms. The number of hydrogen-bond acceptors (Lipinski definition) is 5. The molecule has 0 radical (unpaired) electrons. The minimum absolute atomic E-state index is 0.0519. The minimum atomic E-state index is -0.967. The highest BCUT2D eigenvalue weighted by Crippen LogP contribution is 2.23. The van der Waals surface area contributed by atoms with Crippen molar-refractivity contribution in [3.8, 4) is 0 Å². The molecule has 0 aromatic heterocycles. The first-order chi connectivity index (χ1) is 13.8. The van der Waals surface area contributed by atoms with Crippen LogP contribution in [0.15, 0.2) is 53.4 Å². The standard InChI is InChI=1S/C22H26N2O4S/c1-14(2)23-20(25)13-29-19-11-6-5-10-18(19)22(27)28-16(4)21(26)24-17-9-7-8-15(3)12-17/h5-12,14,16H,13H2,1-4H3,(H,23,25)(H,24,26)/t16-/m1/s1. The fourth-order valence-electron chi connectivity index (χ4n) is 2.51. The number of thioether (sulfide) groups is 1. The zero-order valence-electron chi connectivity index (χ0n) is 17.0. The van der Waals surface area contributed by atoms with E-state index in [0.29, 0.717) is 16.1 Å². The van der Waals surface area contributed by atoms with Gasteiger partial charge in [-0.05, 0) is 57.5 Å². The van der Waals surface area contributed by atoms with E-state index in [1.165, 1.54) is 18.7 Å². The van der Waals surface area contributed by atoms with E-state index < -0.39 is 18.0 Å². The summed E-state index contributed by atoms with van der Waals surface area (Å²) in [5, 5.41) is 5.54. The molecular formula is C22H26N2O4S. The molecule has 0 aliphatic carbocycles. The lowest BCUT2D eigenvalue weighted by molar-refractivity contribution is -0.123. The SMILES string of the molecule is Cc1cccc(NC(=O)[C@@H](C)OC(=O)c2ccccc2SCC(=O)NC(C)C)c1. The molecule has 1 atom stereocenters. The normalized spacial score (nSPS) is 11.6. The molecule has 0 saturated carbocycles. The predicted molar refractivity (Wildman–Crippen MR) is 115 cm³/mol. The second-order valence-corrected chi connectivity index (χ2v) is 7.93. The Balaban J connectivity index is 1.99. The molecule has 2 aromatic rings. The van der Waals surface area contributed by atoms with Gasteiger partial charge in [0.05, 0.1) is 11.3 Å². The summed E-state index contributed by atoms with van der Waals surface area (Å²) in [5.41, 5.74) is 1.98. The fraction of sp³-hybridized carbons (Fsp3) is 0.318. The number of benzene rings is 2. The van der Waals surface area contributed by atoms with E-state index >= 15 is 0 Å². The molecule has 0 saturated heterocycles. The van der Waals surface area contributed by atoms with Crippen LogP contribution in [-0.2, 0) is 14.3 Å². The van der Waals surface area contributed by atoms with Gasteiger partial charge in [-0.1, -0.05) is 24.3 Å². The summed E-state index contributed by atoms with van der Waals surface area (Å²) in [7, 11) is 0. The Morgan fingerprint density at radius 1 is 1.03 bits per heavy atom. The van der Waals surface area contributed by atoms with Gasteiger partial charge < -0.3 is 15.4 Å². The van der Waals surface area contributed by atoms with Crippen LogP contribution in [0.1, 0.15) is 36.7 Å². The lowest BCUT2D eigenvalue weighted by Gasteiger charge is -2.15. The summed E-state index contributed by atoms with van der Waals surface area (Å²) in [5.74, 6) is -0.944. The second-order valence-electron chi connectivity index (χ2n) is 6.91. The van der Waals surface area contributed by atoms with E-state index in [2.05, 4.69) is 10.6 Å². The van der Waals surface area contributed by atoms with Gasteiger partial charge in [-0.25, -0.2) is 4.79 Å². The van der Waals surface area contributed by atoms with Crippen molar-refractivity contribution in [2.45, 2.75) is 44.7 Å². The number of carbonyl (C=O) groups excluding carboxylic acids is 3. The average molecular weight is 415 g/mol. The Morgan fingerprint density at radius 2 is 1.76 bits per heavy atom. The van der Waals surface area contributed by atoms with Crippen molar-refractivity contribution in [1.82, 2.24) is 5.32 Å². The van der Waals surface area contributed by atoms with Crippen LogP contribution in [0.2, 0.25) is 0 Å². The molecule has 154 valence electrons. The van der Waals surface area contributed by atoms with Crippen molar-refractivity contribution in [3.05, 3.63) is 59.7 Å². The molecule has 2 rings (SSSR count). The number of carbonyl (C=O) groups is 3. The zero-order chi connectivity index (χ0) is 21.4. The van der Waals surface area contributed by atoms with Crippen LogP contribution in [0.3, 0.4) is 0 Å². The molecule has 7 heteroatoms. The number of rotatable bonds is 8. The van der Waals surface area contributed by atoms with Gasteiger partial charge in [0.1, 0.15) is 0 Å². The maximum absolute atomic E-state index is 12.6. The fourth-order valence-corrected chi connectivity index (χ4v) is 3.36. The molecular weight excluding hydrogens is 388 g/mol. The number of ether oxygens (including phenoxy) is 1. The van der Waals surface area contributed by atoms with Crippen molar-refractivity contribution in [3.63, 3.8) is 0 Å².